The van der Waals surface area contributed by atoms with E-state index in [1.807, 2.05) is 6.07 Å². The number of para-hydroxylation sites is 2. The van der Waals surface area contributed by atoms with Crippen molar-refractivity contribution in [1.82, 2.24) is 14.5 Å². The lowest BCUT2D eigenvalue weighted by Gasteiger charge is -2.34. The van der Waals surface area contributed by atoms with Crippen LogP contribution in [0.15, 0.2) is 138 Å². The number of nitrogens with zero attached hydrogens (tertiary/aromatic N) is 3. The first-order chi connectivity index (χ1) is 25.5. The monoisotopic (exact) mass is 671 g/mol. The zero-order valence-electron chi connectivity index (χ0n) is 29.7. The van der Waals surface area contributed by atoms with Crippen molar-refractivity contribution < 1.29 is 4.42 Å². The van der Waals surface area contributed by atoms with E-state index in [1.54, 1.807) is 0 Å². The van der Waals surface area contributed by atoms with E-state index in [0.29, 0.717) is 0 Å². The Morgan fingerprint density at radius 3 is 2.29 bits per heavy atom. The molecule has 4 heteroatoms. The van der Waals surface area contributed by atoms with Gasteiger partial charge in [-0.05, 0) is 70.6 Å². The molecule has 0 atom stereocenters. The number of benzene rings is 6. The van der Waals surface area contributed by atoms with Crippen LogP contribution in [0.2, 0.25) is 0 Å². The number of rotatable bonds is 5. The van der Waals surface area contributed by atoms with Crippen molar-refractivity contribution in [3.05, 3.63) is 156 Å². The average Bonchev–Trinajstić information content (AvgIpc) is 3.72. The van der Waals surface area contributed by atoms with Crippen molar-refractivity contribution in [1.29, 1.82) is 0 Å². The summed E-state index contributed by atoms with van der Waals surface area (Å²) in [4.78, 5) is 10.5. The van der Waals surface area contributed by atoms with Gasteiger partial charge in [0.15, 0.2) is 5.82 Å². The zero-order valence-corrected chi connectivity index (χ0v) is 29.7. The van der Waals surface area contributed by atoms with E-state index in [4.69, 9.17) is 14.4 Å². The minimum atomic E-state index is -0.223. The Balaban J connectivity index is 1.14. The number of hydrogen-bond acceptors (Lipinski definition) is 3. The predicted molar refractivity (Wildman–Crippen MR) is 216 cm³/mol. The van der Waals surface area contributed by atoms with Crippen LogP contribution in [0.3, 0.4) is 0 Å². The number of aromatic nitrogens is 3. The first-order valence-corrected chi connectivity index (χ1v) is 18.2. The van der Waals surface area contributed by atoms with Crippen molar-refractivity contribution >= 4 is 49.8 Å². The van der Waals surface area contributed by atoms with Gasteiger partial charge in [0.25, 0.3) is 0 Å². The van der Waals surface area contributed by atoms with E-state index in [9.17, 15) is 0 Å². The highest BCUT2D eigenvalue weighted by atomic mass is 16.3. The van der Waals surface area contributed by atoms with Gasteiger partial charge in [0, 0.05) is 32.9 Å². The second-order valence-corrected chi connectivity index (χ2v) is 14.4. The molecule has 6 aromatic carbocycles. The molecule has 0 bridgehead atoms. The first kappa shape index (κ1) is 30.6. The van der Waals surface area contributed by atoms with Crippen LogP contribution in [-0.2, 0) is 11.8 Å². The zero-order chi connectivity index (χ0) is 35.1. The summed E-state index contributed by atoms with van der Waals surface area (Å²) in [5.74, 6) is 0.740. The van der Waals surface area contributed by atoms with Crippen molar-refractivity contribution in [3.63, 3.8) is 0 Å². The highest BCUT2D eigenvalue weighted by Crippen LogP contribution is 2.50. The van der Waals surface area contributed by atoms with Gasteiger partial charge in [0.05, 0.1) is 28.0 Å². The van der Waals surface area contributed by atoms with E-state index >= 15 is 0 Å². The second-order valence-electron chi connectivity index (χ2n) is 14.4. The lowest BCUT2D eigenvalue weighted by atomic mass is 9.74. The lowest BCUT2D eigenvalue weighted by Crippen LogP contribution is -2.26. The number of aryl methyl sites for hydroxylation is 1. The van der Waals surface area contributed by atoms with Crippen LogP contribution in [0.1, 0.15) is 50.1 Å². The fourth-order valence-electron chi connectivity index (χ4n) is 8.56. The van der Waals surface area contributed by atoms with Crippen LogP contribution in [0.25, 0.3) is 89.3 Å². The molecule has 0 spiro atoms. The molecule has 1 aliphatic rings. The van der Waals surface area contributed by atoms with Gasteiger partial charge in [0.1, 0.15) is 5.58 Å². The third-order valence-electron chi connectivity index (χ3n) is 11.1. The van der Waals surface area contributed by atoms with Crippen LogP contribution < -0.4 is 0 Å². The topological polar surface area (TPSA) is 43.9 Å². The SMILES string of the molecule is C/C=C\c1c(CC)nc(-c2cccc(-c3ccc4c(c3)C(C)(C)c3cccc5c6c7ccccc7oc6n-4c35)c2)nc1-c1cccc2ccccc12. The van der Waals surface area contributed by atoms with E-state index in [1.165, 1.54) is 38.2 Å². The quantitative estimate of drug-likeness (QED) is 0.183. The number of furan rings is 1. The Morgan fingerprint density at radius 2 is 1.42 bits per heavy atom. The van der Waals surface area contributed by atoms with Crippen LogP contribution in [0, 0.1) is 0 Å². The van der Waals surface area contributed by atoms with Crippen LogP contribution in [0.5, 0.6) is 0 Å². The van der Waals surface area contributed by atoms with Crippen molar-refractivity contribution in [2.75, 3.05) is 0 Å². The van der Waals surface area contributed by atoms with E-state index in [2.05, 4.69) is 166 Å². The first-order valence-electron chi connectivity index (χ1n) is 18.2. The maximum Gasteiger partial charge on any atom is 0.213 e. The van der Waals surface area contributed by atoms with Gasteiger partial charge in [-0.2, -0.15) is 0 Å². The van der Waals surface area contributed by atoms with Crippen molar-refractivity contribution in [2.45, 2.75) is 39.5 Å². The molecular formula is C48H37N3O. The third kappa shape index (κ3) is 4.34. The Labute approximate surface area is 302 Å². The molecule has 9 aromatic rings. The van der Waals surface area contributed by atoms with Crippen molar-refractivity contribution in [3.8, 4) is 39.5 Å². The summed E-state index contributed by atoms with van der Waals surface area (Å²) in [7, 11) is 0. The standard InChI is InChI=1S/C48H37N3O/c1-5-14-35-40(6-2)49-46(50-44(35)34-21-12-16-29-15-7-8-19-33(29)34)32-18-11-17-30(27-32)31-25-26-41-39(28-31)48(3,4)38-23-13-22-37-43-36-20-9-10-24-42(36)52-47(43)51(41)45(37)38/h5,7-28H,6H2,1-4H3/b14-5-. The van der Waals surface area contributed by atoms with E-state index < -0.39 is 0 Å². The summed E-state index contributed by atoms with van der Waals surface area (Å²) in [6.07, 6.45) is 5.04. The number of hydrogen-bond donors (Lipinski definition) is 0. The summed E-state index contributed by atoms with van der Waals surface area (Å²) in [6.45, 7) is 8.92. The normalized spacial score (nSPS) is 13.5. The molecule has 0 saturated heterocycles. The van der Waals surface area contributed by atoms with Crippen LogP contribution in [-0.4, -0.2) is 14.5 Å². The molecule has 0 radical (unpaired) electrons. The van der Waals surface area contributed by atoms with Gasteiger partial charge in [-0.15, -0.1) is 0 Å². The maximum atomic E-state index is 6.61. The molecule has 10 rings (SSSR count). The van der Waals surface area contributed by atoms with Crippen molar-refractivity contribution in [2.24, 2.45) is 0 Å². The highest BCUT2D eigenvalue weighted by molar-refractivity contribution is 6.21. The minimum Gasteiger partial charge on any atom is -0.439 e. The largest absolute Gasteiger partial charge is 0.439 e. The average molecular weight is 672 g/mol. The molecule has 0 amide bonds. The molecular weight excluding hydrogens is 635 g/mol. The predicted octanol–water partition coefficient (Wildman–Crippen LogP) is 12.7. The van der Waals surface area contributed by atoms with Crippen LogP contribution >= 0.6 is 0 Å². The molecule has 0 unspecified atom stereocenters. The Hall–Kier alpha value is -6.26. The fourth-order valence-corrected chi connectivity index (χ4v) is 8.56. The second kappa shape index (κ2) is 11.4. The van der Waals surface area contributed by atoms with Gasteiger partial charge in [-0.1, -0.05) is 136 Å². The number of allylic oxidation sites excluding steroid dienone is 1. The Morgan fingerprint density at radius 1 is 0.692 bits per heavy atom. The molecule has 1 aliphatic heterocycles. The molecule has 0 saturated carbocycles. The molecule has 3 aromatic heterocycles. The number of fused-ring (bicyclic) bond motifs is 8. The van der Waals surface area contributed by atoms with Crippen LogP contribution in [0.4, 0.5) is 0 Å². The summed E-state index contributed by atoms with van der Waals surface area (Å²) in [5.41, 5.74) is 14.1. The molecule has 250 valence electrons. The minimum absolute atomic E-state index is 0.223. The molecule has 0 N–H and O–H groups in total. The molecule has 0 aliphatic carbocycles. The molecule has 52 heavy (non-hydrogen) atoms. The smallest absolute Gasteiger partial charge is 0.213 e. The van der Waals surface area contributed by atoms with Gasteiger partial charge in [-0.25, -0.2) is 9.97 Å². The Kier molecular flexibility index (Phi) is 6.68. The summed E-state index contributed by atoms with van der Waals surface area (Å²) < 4.78 is 8.95. The molecule has 4 nitrogen and oxygen atoms in total. The molecule has 4 heterocycles. The lowest BCUT2D eigenvalue weighted by molar-refractivity contribution is 0.612. The fraction of sp³-hybridized carbons (Fsp3) is 0.125. The third-order valence-corrected chi connectivity index (χ3v) is 11.1. The van der Waals surface area contributed by atoms with E-state index in [-0.39, 0.29) is 5.41 Å². The van der Waals surface area contributed by atoms with E-state index in [0.717, 1.165) is 73.8 Å². The van der Waals surface area contributed by atoms with Gasteiger partial charge in [0.2, 0.25) is 5.71 Å². The highest BCUT2D eigenvalue weighted by Gasteiger charge is 2.36. The van der Waals surface area contributed by atoms with Gasteiger partial charge < -0.3 is 4.42 Å². The summed E-state index contributed by atoms with van der Waals surface area (Å²) in [6, 6.07) is 45.7. The molecule has 0 fully saturated rings. The Bertz CT molecular complexity index is 2930. The summed E-state index contributed by atoms with van der Waals surface area (Å²) in [5, 5.41) is 5.97. The summed E-state index contributed by atoms with van der Waals surface area (Å²) >= 11 is 0. The van der Waals surface area contributed by atoms with Gasteiger partial charge in [-0.3, -0.25) is 4.57 Å². The van der Waals surface area contributed by atoms with Gasteiger partial charge >= 0.3 is 0 Å². The maximum absolute atomic E-state index is 6.61.